The van der Waals surface area contributed by atoms with Crippen LogP contribution in [0.5, 0.6) is 5.75 Å². The van der Waals surface area contributed by atoms with Gasteiger partial charge in [-0.05, 0) is 141 Å². The number of hydrogen-bond donors (Lipinski definition) is 8. The van der Waals surface area contributed by atoms with E-state index in [-0.39, 0.29) is 0 Å². The summed E-state index contributed by atoms with van der Waals surface area (Å²) < 4.78 is 5.16. The molecule has 0 radical (unpaired) electrons. The molecule has 0 aliphatic carbocycles. The number of ether oxygens (including phenoxy) is 1. The Bertz CT molecular complexity index is 1870. The largest absolute Gasteiger partial charge is 0.495 e. The zero-order chi connectivity index (χ0) is 37.5. The van der Waals surface area contributed by atoms with Crippen LogP contribution in [-0.2, 0) is 0 Å². The number of nitrogens with two attached hydrogens (primary N) is 6. The minimum Gasteiger partial charge on any atom is -0.495 e. The van der Waals surface area contributed by atoms with Crippen molar-refractivity contribution < 1.29 is 4.74 Å². The number of nitrogen functional groups attached to an aromatic ring is 6. The van der Waals surface area contributed by atoms with Gasteiger partial charge in [-0.25, -0.2) is 0 Å². The molecule has 51 heavy (non-hydrogen) atoms. The molecule has 9 nitrogen and oxygen atoms in total. The quantitative estimate of drug-likeness (QED) is 0.0818. The maximum absolute atomic E-state index is 5.90. The van der Waals surface area contributed by atoms with Crippen molar-refractivity contribution in [2.45, 2.75) is 34.6 Å². The molecule has 0 amide bonds. The summed E-state index contributed by atoms with van der Waals surface area (Å²) in [6, 6.07) is 38.8. The summed E-state index contributed by atoms with van der Waals surface area (Å²) in [6.45, 7) is 9.97. The van der Waals surface area contributed by atoms with Gasteiger partial charge in [0.1, 0.15) is 5.75 Å². The molecule has 14 N–H and O–H groups in total. The molecule has 0 unspecified atom stereocenters. The first-order valence-electron chi connectivity index (χ1n) is 16.5. The van der Waals surface area contributed by atoms with Crippen molar-refractivity contribution in [3.8, 4) is 5.75 Å². The number of para-hydroxylation sites is 2. The molecule has 6 aromatic rings. The molecular weight excluding hydrogens is 633 g/mol. The first-order chi connectivity index (χ1) is 24.3. The van der Waals surface area contributed by atoms with Crippen molar-refractivity contribution in [1.82, 2.24) is 0 Å². The average molecular weight is 685 g/mol. The van der Waals surface area contributed by atoms with Crippen LogP contribution >= 0.6 is 0 Å². The van der Waals surface area contributed by atoms with E-state index in [4.69, 9.17) is 39.1 Å². The van der Waals surface area contributed by atoms with Gasteiger partial charge in [0.15, 0.2) is 0 Å². The number of benzene rings is 6. The fourth-order valence-corrected chi connectivity index (χ4v) is 4.80. The number of nitrogens with one attached hydrogen (secondary N) is 2. The fourth-order valence-electron chi connectivity index (χ4n) is 4.80. The lowest BCUT2D eigenvalue weighted by molar-refractivity contribution is 0.417. The van der Waals surface area contributed by atoms with Crippen molar-refractivity contribution in [1.29, 1.82) is 0 Å². The van der Waals surface area contributed by atoms with Gasteiger partial charge in [-0.2, -0.15) is 0 Å². The van der Waals surface area contributed by atoms with E-state index in [0.717, 1.165) is 79.0 Å². The molecule has 0 aromatic heterocycles. The van der Waals surface area contributed by atoms with Gasteiger partial charge in [0.25, 0.3) is 0 Å². The van der Waals surface area contributed by atoms with Crippen LogP contribution in [0.3, 0.4) is 0 Å². The second-order valence-corrected chi connectivity index (χ2v) is 12.0. The molecule has 0 saturated carbocycles. The summed E-state index contributed by atoms with van der Waals surface area (Å²) in [5.41, 5.74) is 48.4. The van der Waals surface area contributed by atoms with Gasteiger partial charge in [0, 0.05) is 57.3 Å². The Morgan fingerprint density at radius 2 is 0.804 bits per heavy atom. The van der Waals surface area contributed by atoms with Crippen molar-refractivity contribution in [3.63, 3.8) is 0 Å². The first kappa shape index (κ1) is 39.0. The molecule has 0 aliphatic rings. The second-order valence-electron chi connectivity index (χ2n) is 12.0. The van der Waals surface area contributed by atoms with Crippen LogP contribution in [0, 0.1) is 34.6 Å². The highest BCUT2D eigenvalue weighted by Crippen LogP contribution is 2.30. The minimum atomic E-state index is 0.640. The van der Waals surface area contributed by atoms with Crippen molar-refractivity contribution >= 4 is 56.9 Å². The second kappa shape index (κ2) is 18.9. The maximum Gasteiger partial charge on any atom is 0.143 e. The molecule has 0 fully saturated rings. The Morgan fingerprint density at radius 1 is 0.412 bits per heavy atom. The third-order valence-corrected chi connectivity index (χ3v) is 8.30. The van der Waals surface area contributed by atoms with Crippen LogP contribution < -0.4 is 49.8 Å². The number of hydrogen-bond acceptors (Lipinski definition) is 9. The highest BCUT2D eigenvalue weighted by Gasteiger charge is 2.09. The van der Waals surface area contributed by atoms with Gasteiger partial charge in [0.05, 0.1) is 12.8 Å². The lowest BCUT2D eigenvalue weighted by atomic mass is 9.97. The third-order valence-electron chi connectivity index (χ3n) is 8.30. The SMILES string of the molecule is COc1cc(Nc2ccccc2)ccc1N.Cc1c(C)c(N)c(C)c(C)c1N.Cc1cc(N)ccc1N.Nc1ccc(Nc2ccccc2)cc1. The van der Waals surface area contributed by atoms with Gasteiger partial charge in [-0.3, -0.25) is 0 Å². The van der Waals surface area contributed by atoms with Crippen LogP contribution in [0.15, 0.2) is 121 Å². The van der Waals surface area contributed by atoms with Crippen LogP contribution in [0.4, 0.5) is 56.9 Å². The average Bonchev–Trinajstić information content (AvgIpc) is 3.14. The predicted molar refractivity (Wildman–Crippen MR) is 222 cm³/mol. The number of rotatable bonds is 5. The zero-order valence-corrected chi connectivity index (χ0v) is 30.4. The monoisotopic (exact) mass is 684 g/mol. The van der Waals surface area contributed by atoms with E-state index in [1.165, 1.54) is 0 Å². The van der Waals surface area contributed by atoms with Gasteiger partial charge >= 0.3 is 0 Å². The summed E-state index contributed by atoms with van der Waals surface area (Å²) in [5.74, 6) is 0.681. The van der Waals surface area contributed by atoms with E-state index in [0.29, 0.717) is 11.4 Å². The highest BCUT2D eigenvalue weighted by atomic mass is 16.5. The van der Waals surface area contributed by atoms with Crippen LogP contribution in [-0.4, -0.2) is 7.11 Å². The summed E-state index contributed by atoms with van der Waals surface area (Å²) in [5, 5.41) is 6.55. The number of methoxy groups -OCH3 is 1. The molecule has 6 rings (SSSR count). The standard InChI is InChI=1S/C13H14N2O.C12H12N2.C10H16N2.C7H10N2/c1-16-13-9-11(7-8-12(13)14)15-10-5-3-2-4-6-10;13-10-6-8-12(9-7-10)14-11-4-2-1-3-5-11;1-5-6(2)10(12)8(4)7(3)9(5)11;1-5-4-6(8)2-3-7(5)9/h2-9,15H,14H2,1H3;1-9,14H,13H2;11-12H2,1-4H3;2-4H,8-9H2,1H3. The van der Waals surface area contributed by atoms with Crippen molar-refractivity contribution in [2.24, 2.45) is 0 Å². The topological polar surface area (TPSA) is 189 Å². The summed E-state index contributed by atoms with van der Waals surface area (Å²) in [4.78, 5) is 0. The Labute approximate surface area is 302 Å². The molecule has 6 aromatic carbocycles. The fraction of sp³-hybridized carbons (Fsp3) is 0.143. The Morgan fingerprint density at radius 3 is 1.24 bits per heavy atom. The molecule has 9 heteroatoms. The lowest BCUT2D eigenvalue weighted by Crippen LogP contribution is -2.04. The third kappa shape index (κ3) is 11.9. The molecule has 0 bridgehead atoms. The van der Waals surface area contributed by atoms with E-state index in [1.807, 2.05) is 150 Å². The van der Waals surface area contributed by atoms with Crippen LogP contribution in [0.25, 0.3) is 0 Å². The van der Waals surface area contributed by atoms with E-state index < -0.39 is 0 Å². The van der Waals surface area contributed by atoms with Gasteiger partial charge in [0.2, 0.25) is 0 Å². The molecular formula is C42H52N8O. The zero-order valence-electron chi connectivity index (χ0n) is 30.4. The Hall–Kier alpha value is -6.48. The van der Waals surface area contributed by atoms with Crippen molar-refractivity contribution in [2.75, 3.05) is 52.1 Å². The smallest absolute Gasteiger partial charge is 0.143 e. The molecule has 0 atom stereocenters. The maximum atomic E-state index is 5.90. The van der Waals surface area contributed by atoms with E-state index in [1.54, 1.807) is 13.2 Å². The van der Waals surface area contributed by atoms with Crippen LogP contribution in [0.1, 0.15) is 27.8 Å². The number of anilines is 10. The first-order valence-corrected chi connectivity index (χ1v) is 16.5. The normalized spacial score (nSPS) is 9.84. The Kier molecular flexibility index (Phi) is 14.4. The highest BCUT2D eigenvalue weighted by molar-refractivity contribution is 5.70. The van der Waals surface area contributed by atoms with E-state index in [9.17, 15) is 0 Å². The summed E-state index contributed by atoms with van der Waals surface area (Å²) in [6.07, 6.45) is 0. The van der Waals surface area contributed by atoms with Crippen molar-refractivity contribution in [3.05, 3.63) is 149 Å². The molecule has 0 aliphatic heterocycles. The van der Waals surface area contributed by atoms with Crippen LogP contribution in [0.2, 0.25) is 0 Å². The summed E-state index contributed by atoms with van der Waals surface area (Å²) in [7, 11) is 1.61. The predicted octanol–water partition coefficient (Wildman–Crippen LogP) is 9.28. The van der Waals surface area contributed by atoms with Gasteiger partial charge < -0.3 is 49.8 Å². The van der Waals surface area contributed by atoms with E-state index >= 15 is 0 Å². The van der Waals surface area contributed by atoms with E-state index in [2.05, 4.69) is 10.6 Å². The molecule has 0 heterocycles. The number of aryl methyl sites for hydroxylation is 1. The summed E-state index contributed by atoms with van der Waals surface area (Å²) >= 11 is 0. The van der Waals surface area contributed by atoms with Gasteiger partial charge in [-0.1, -0.05) is 36.4 Å². The lowest BCUT2D eigenvalue weighted by Gasteiger charge is -2.14. The minimum absolute atomic E-state index is 0.640. The molecule has 266 valence electrons. The van der Waals surface area contributed by atoms with Gasteiger partial charge in [-0.15, -0.1) is 0 Å². The molecule has 0 spiro atoms. The Balaban J connectivity index is 0.000000187. The molecule has 0 saturated heterocycles.